The van der Waals surface area contributed by atoms with Gasteiger partial charge in [0.05, 0.1) is 5.92 Å². The van der Waals surface area contributed by atoms with Crippen LogP contribution in [0.4, 0.5) is 0 Å². The molecule has 1 atom stereocenters. The number of carboxylic acid groups (broad SMARTS) is 1. The average molecular weight is 392 g/mol. The summed E-state index contributed by atoms with van der Waals surface area (Å²) >= 11 is 0. The fourth-order valence-electron chi connectivity index (χ4n) is 4.37. The lowest BCUT2D eigenvalue weighted by atomic mass is 9.93. The van der Waals surface area contributed by atoms with Crippen molar-refractivity contribution in [2.75, 3.05) is 19.7 Å². The first-order chi connectivity index (χ1) is 14.1. The summed E-state index contributed by atoms with van der Waals surface area (Å²) in [4.78, 5) is 13.4. The molecule has 0 bridgehead atoms. The van der Waals surface area contributed by atoms with Gasteiger partial charge in [-0.3, -0.25) is 9.69 Å². The van der Waals surface area contributed by atoms with Crippen LogP contribution in [0.3, 0.4) is 0 Å². The molecule has 4 heteroatoms. The Morgan fingerprint density at radius 1 is 1.21 bits per heavy atom. The summed E-state index contributed by atoms with van der Waals surface area (Å²) in [5, 5.41) is 9.14. The zero-order chi connectivity index (χ0) is 20.2. The summed E-state index contributed by atoms with van der Waals surface area (Å²) < 4.78 is 6.11. The topological polar surface area (TPSA) is 49.8 Å². The molecule has 152 valence electrons. The first-order valence-corrected chi connectivity index (χ1v) is 10.5. The summed E-state index contributed by atoms with van der Waals surface area (Å²) in [5.74, 6) is 0.140. The number of fused-ring (bicyclic) bond motifs is 1. The van der Waals surface area contributed by atoms with Gasteiger partial charge in [-0.15, -0.1) is 0 Å². The molecule has 0 saturated carbocycles. The zero-order valence-electron chi connectivity index (χ0n) is 17.0. The highest BCUT2D eigenvalue weighted by molar-refractivity contribution is 5.71. The second-order valence-corrected chi connectivity index (χ2v) is 8.26. The van der Waals surface area contributed by atoms with Gasteiger partial charge in [-0.05, 0) is 61.4 Å². The van der Waals surface area contributed by atoms with Gasteiger partial charge in [0.15, 0.2) is 0 Å². The minimum Gasteiger partial charge on any atom is -0.489 e. The van der Waals surface area contributed by atoms with Gasteiger partial charge in [-0.25, -0.2) is 0 Å². The molecule has 1 fully saturated rings. The van der Waals surface area contributed by atoms with Crippen molar-refractivity contribution in [3.8, 4) is 5.75 Å². The second-order valence-electron chi connectivity index (χ2n) is 8.26. The molecule has 1 aliphatic carbocycles. The van der Waals surface area contributed by atoms with E-state index >= 15 is 0 Å². The second kappa shape index (κ2) is 8.83. The lowest BCUT2D eigenvalue weighted by Crippen LogP contribution is -2.55. The molecule has 1 unspecified atom stereocenters. The van der Waals surface area contributed by atoms with Crippen molar-refractivity contribution in [3.63, 3.8) is 0 Å². The maximum Gasteiger partial charge on any atom is 0.309 e. The third-order valence-corrected chi connectivity index (χ3v) is 6.15. The number of benzene rings is 2. The smallest absolute Gasteiger partial charge is 0.309 e. The van der Waals surface area contributed by atoms with Crippen LogP contribution in [0.5, 0.6) is 5.75 Å². The molecule has 4 rings (SSSR count). The van der Waals surface area contributed by atoms with Crippen LogP contribution in [-0.2, 0) is 17.6 Å². The van der Waals surface area contributed by atoms with E-state index in [4.69, 9.17) is 9.84 Å². The molecule has 1 heterocycles. The molecule has 0 spiro atoms. The Morgan fingerprint density at radius 3 is 2.76 bits per heavy atom. The quantitative estimate of drug-likeness (QED) is 0.744. The van der Waals surface area contributed by atoms with Crippen molar-refractivity contribution < 1.29 is 14.6 Å². The van der Waals surface area contributed by atoms with Crippen LogP contribution in [0.15, 0.2) is 48.5 Å². The average Bonchev–Trinajstić information content (AvgIpc) is 2.88. The molecule has 0 amide bonds. The Labute approximate surface area is 172 Å². The van der Waals surface area contributed by atoms with E-state index < -0.39 is 5.97 Å². The summed E-state index contributed by atoms with van der Waals surface area (Å²) in [5.41, 5.74) is 5.13. The van der Waals surface area contributed by atoms with Crippen molar-refractivity contribution in [2.24, 2.45) is 5.92 Å². The summed E-state index contributed by atoms with van der Waals surface area (Å²) in [6.07, 6.45) is 8.41. The Bertz CT molecular complexity index is 881. The van der Waals surface area contributed by atoms with Crippen molar-refractivity contribution in [1.82, 2.24) is 4.90 Å². The molecular formula is C25H29NO3. The number of ether oxygens (including phenoxy) is 1. The standard InChI is InChI=1S/C25H29NO3/c1-18-10-12-19(13-11-18)5-4-14-29-24-9-2-6-20-15-22(7-3-8-23(20)24)26-16-21(17-26)25(27)28/h2,4-6,9-13,21-22H,3,7-8,14-17H2,1H3,(H,27,28)/b5-4+. The van der Waals surface area contributed by atoms with E-state index in [0.717, 1.165) is 31.4 Å². The third-order valence-electron chi connectivity index (χ3n) is 6.15. The van der Waals surface area contributed by atoms with Gasteiger partial charge in [0.25, 0.3) is 0 Å². The molecule has 1 saturated heterocycles. The van der Waals surface area contributed by atoms with Crippen LogP contribution in [0.1, 0.15) is 35.1 Å². The molecule has 4 nitrogen and oxygen atoms in total. The third kappa shape index (κ3) is 4.70. The SMILES string of the molecule is Cc1ccc(/C=C/COc2cccc3c2CCCC(N2CC(C(=O)O)C2)C3)cc1. The normalized spacial score (nSPS) is 20.1. The summed E-state index contributed by atoms with van der Waals surface area (Å²) in [6, 6.07) is 15.3. The Kier molecular flexibility index (Phi) is 6.00. The highest BCUT2D eigenvalue weighted by Gasteiger charge is 2.37. The molecule has 0 aromatic heterocycles. The Balaban J connectivity index is 1.37. The monoisotopic (exact) mass is 391 g/mol. The van der Waals surface area contributed by atoms with Crippen LogP contribution < -0.4 is 4.74 Å². The van der Waals surface area contributed by atoms with E-state index in [1.807, 2.05) is 0 Å². The minimum atomic E-state index is -0.662. The van der Waals surface area contributed by atoms with Gasteiger partial charge in [0, 0.05) is 19.1 Å². The van der Waals surface area contributed by atoms with Crippen LogP contribution in [0.25, 0.3) is 6.08 Å². The Hall–Kier alpha value is -2.59. The van der Waals surface area contributed by atoms with Gasteiger partial charge in [0.2, 0.25) is 0 Å². The van der Waals surface area contributed by atoms with Crippen molar-refractivity contribution >= 4 is 12.0 Å². The number of aliphatic carboxylic acids is 1. The largest absolute Gasteiger partial charge is 0.489 e. The van der Waals surface area contributed by atoms with Crippen molar-refractivity contribution in [3.05, 3.63) is 70.8 Å². The molecule has 2 aliphatic rings. The molecule has 2 aromatic rings. The van der Waals surface area contributed by atoms with Gasteiger partial charge < -0.3 is 9.84 Å². The predicted octanol–water partition coefficient (Wildman–Crippen LogP) is 4.35. The van der Waals surface area contributed by atoms with Gasteiger partial charge >= 0.3 is 5.97 Å². The number of hydrogen-bond acceptors (Lipinski definition) is 3. The fourth-order valence-corrected chi connectivity index (χ4v) is 4.37. The molecule has 2 aromatic carbocycles. The van der Waals surface area contributed by atoms with E-state index in [2.05, 4.69) is 66.4 Å². The highest BCUT2D eigenvalue weighted by atomic mass is 16.5. The predicted molar refractivity (Wildman–Crippen MR) is 115 cm³/mol. The van der Waals surface area contributed by atoms with Gasteiger partial charge in [-0.2, -0.15) is 0 Å². The van der Waals surface area contributed by atoms with Gasteiger partial charge in [0.1, 0.15) is 12.4 Å². The molecule has 1 N–H and O–H groups in total. The fraction of sp³-hybridized carbons (Fsp3) is 0.400. The summed E-state index contributed by atoms with van der Waals surface area (Å²) in [7, 11) is 0. The first-order valence-electron chi connectivity index (χ1n) is 10.5. The number of nitrogens with zero attached hydrogens (tertiary/aromatic N) is 1. The van der Waals surface area contributed by atoms with E-state index in [1.165, 1.54) is 22.3 Å². The molecule has 1 aliphatic heterocycles. The first kappa shape index (κ1) is 19.7. The van der Waals surface area contributed by atoms with E-state index in [9.17, 15) is 4.79 Å². The zero-order valence-corrected chi connectivity index (χ0v) is 17.0. The van der Waals surface area contributed by atoms with Crippen molar-refractivity contribution in [2.45, 2.75) is 38.6 Å². The van der Waals surface area contributed by atoms with Crippen LogP contribution in [0, 0.1) is 12.8 Å². The maximum atomic E-state index is 11.1. The number of carbonyl (C=O) groups is 1. The van der Waals surface area contributed by atoms with E-state index in [0.29, 0.717) is 25.7 Å². The number of hydrogen-bond donors (Lipinski definition) is 1. The van der Waals surface area contributed by atoms with Crippen LogP contribution >= 0.6 is 0 Å². The lowest BCUT2D eigenvalue weighted by molar-refractivity contribution is -0.148. The number of rotatable bonds is 6. The molecule has 0 radical (unpaired) electrons. The highest BCUT2D eigenvalue weighted by Crippen LogP contribution is 2.32. The number of aryl methyl sites for hydroxylation is 1. The Morgan fingerprint density at radius 2 is 2.00 bits per heavy atom. The van der Waals surface area contributed by atoms with Crippen molar-refractivity contribution in [1.29, 1.82) is 0 Å². The van der Waals surface area contributed by atoms with Gasteiger partial charge in [-0.1, -0.05) is 48.0 Å². The maximum absolute atomic E-state index is 11.1. The van der Waals surface area contributed by atoms with Crippen LogP contribution in [0.2, 0.25) is 0 Å². The number of likely N-dealkylation sites (tertiary alicyclic amines) is 1. The van der Waals surface area contributed by atoms with E-state index in [-0.39, 0.29) is 5.92 Å². The van der Waals surface area contributed by atoms with E-state index in [1.54, 1.807) is 0 Å². The summed E-state index contributed by atoms with van der Waals surface area (Å²) in [6.45, 7) is 4.03. The van der Waals surface area contributed by atoms with Crippen LogP contribution in [-0.4, -0.2) is 41.7 Å². The minimum absolute atomic E-state index is 0.187. The lowest BCUT2D eigenvalue weighted by Gasteiger charge is -2.42. The number of carboxylic acids is 1. The molecular weight excluding hydrogens is 362 g/mol. The molecule has 29 heavy (non-hydrogen) atoms.